The lowest BCUT2D eigenvalue weighted by atomic mass is 10.2. The van der Waals surface area contributed by atoms with Gasteiger partial charge in [0.1, 0.15) is 6.17 Å². The number of halogens is 3. The van der Waals surface area contributed by atoms with E-state index in [9.17, 15) is 9.59 Å². The van der Waals surface area contributed by atoms with Gasteiger partial charge in [0.25, 0.3) is 0 Å². The van der Waals surface area contributed by atoms with Crippen LogP contribution in [-0.4, -0.2) is 29.4 Å². The minimum absolute atomic E-state index is 0.391. The van der Waals surface area contributed by atoms with E-state index in [0.29, 0.717) is 17.7 Å². The monoisotopic (exact) mass is 324 g/mol. The van der Waals surface area contributed by atoms with Crippen molar-refractivity contribution < 1.29 is 14.3 Å². The molecule has 1 amide bonds. The third-order valence-corrected chi connectivity index (χ3v) is 2.83. The van der Waals surface area contributed by atoms with Gasteiger partial charge >= 0.3 is 5.97 Å². The van der Waals surface area contributed by atoms with Crippen LogP contribution in [0.4, 0.5) is 5.69 Å². The summed E-state index contributed by atoms with van der Waals surface area (Å²) in [4.78, 5) is 21.7. The Labute approximate surface area is 125 Å². The second-order valence-electron chi connectivity index (χ2n) is 3.47. The molecule has 19 heavy (non-hydrogen) atoms. The highest BCUT2D eigenvalue weighted by Crippen LogP contribution is 2.30. The highest BCUT2D eigenvalue weighted by atomic mass is 35.6. The highest BCUT2D eigenvalue weighted by molar-refractivity contribution is 6.68. The molecule has 0 aromatic heterocycles. The summed E-state index contributed by atoms with van der Waals surface area (Å²) in [7, 11) is 1.29. The molecule has 0 saturated heterocycles. The summed E-state index contributed by atoms with van der Waals surface area (Å²) in [5.41, 5.74) is 0.958. The van der Waals surface area contributed by atoms with Crippen LogP contribution in [0.1, 0.15) is 10.4 Å². The Morgan fingerprint density at radius 2 is 1.89 bits per heavy atom. The van der Waals surface area contributed by atoms with Gasteiger partial charge in [0.2, 0.25) is 10.2 Å². The predicted octanol–water partition coefficient (Wildman–Crippen LogP) is 2.33. The van der Waals surface area contributed by atoms with Gasteiger partial charge in [-0.25, -0.2) is 4.79 Å². The van der Waals surface area contributed by atoms with Crippen molar-refractivity contribution in [3.05, 3.63) is 29.8 Å². The molecular formula is C11H11Cl3N2O3. The summed E-state index contributed by atoms with van der Waals surface area (Å²) in [6.45, 7) is 0. The summed E-state index contributed by atoms with van der Waals surface area (Å²) in [5.74, 6) is -0.449. The highest BCUT2D eigenvalue weighted by Gasteiger charge is 2.32. The molecule has 0 heterocycles. The number of methoxy groups -OCH3 is 1. The minimum Gasteiger partial charge on any atom is -0.465 e. The molecule has 0 aliphatic rings. The van der Waals surface area contributed by atoms with Crippen LogP contribution in [0.15, 0.2) is 24.3 Å². The van der Waals surface area contributed by atoms with Crippen LogP contribution in [0.2, 0.25) is 0 Å². The number of alkyl halides is 3. The molecule has 0 radical (unpaired) electrons. The molecule has 1 atom stereocenters. The fourth-order valence-corrected chi connectivity index (χ4v) is 1.63. The predicted molar refractivity (Wildman–Crippen MR) is 74.7 cm³/mol. The van der Waals surface area contributed by atoms with E-state index in [0.717, 1.165) is 0 Å². The van der Waals surface area contributed by atoms with Crippen LogP contribution in [-0.2, 0) is 9.53 Å². The van der Waals surface area contributed by atoms with Crippen molar-refractivity contribution in [2.45, 2.75) is 9.96 Å². The fourth-order valence-electron chi connectivity index (χ4n) is 1.27. The molecule has 8 heteroatoms. The van der Waals surface area contributed by atoms with Crippen LogP contribution < -0.4 is 10.6 Å². The van der Waals surface area contributed by atoms with Gasteiger partial charge in [0.05, 0.1) is 12.7 Å². The van der Waals surface area contributed by atoms with E-state index in [4.69, 9.17) is 34.8 Å². The third-order valence-electron chi connectivity index (χ3n) is 2.18. The molecular weight excluding hydrogens is 314 g/mol. The van der Waals surface area contributed by atoms with Crippen LogP contribution in [0.25, 0.3) is 0 Å². The molecule has 5 nitrogen and oxygen atoms in total. The first-order valence-corrected chi connectivity index (χ1v) is 6.23. The second-order valence-corrected chi connectivity index (χ2v) is 5.84. The maximum Gasteiger partial charge on any atom is 0.337 e. The molecule has 104 valence electrons. The summed E-state index contributed by atoms with van der Waals surface area (Å²) >= 11 is 17.1. The molecule has 1 aromatic rings. The van der Waals surface area contributed by atoms with E-state index in [2.05, 4.69) is 15.4 Å². The summed E-state index contributed by atoms with van der Waals surface area (Å²) in [6.07, 6.45) is -0.485. The topological polar surface area (TPSA) is 67.4 Å². The lowest BCUT2D eigenvalue weighted by Gasteiger charge is -2.25. The standard InChI is InChI=1S/C11H11Cl3N2O3/c1-19-9(18)7-2-4-8(5-3-7)16-10(15-6-17)11(12,13)14/h2-6,10,16H,1H3,(H,15,17)/t10-/m1/s1. The molecule has 2 N–H and O–H groups in total. The van der Waals surface area contributed by atoms with Crippen molar-refractivity contribution in [1.82, 2.24) is 5.32 Å². The van der Waals surface area contributed by atoms with Crippen molar-refractivity contribution in [3.8, 4) is 0 Å². The molecule has 0 aliphatic heterocycles. The second kappa shape index (κ2) is 6.84. The zero-order valence-corrected chi connectivity index (χ0v) is 12.1. The maximum absolute atomic E-state index is 11.2. The Balaban J connectivity index is 2.80. The largest absolute Gasteiger partial charge is 0.465 e. The minimum atomic E-state index is -1.72. The summed E-state index contributed by atoms with van der Waals surface area (Å²) in [6, 6.07) is 6.29. The smallest absolute Gasteiger partial charge is 0.337 e. The Morgan fingerprint density at radius 1 is 1.32 bits per heavy atom. The van der Waals surface area contributed by atoms with Crippen LogP contribution in [0, 0.1) is 0 Å². The Bertz CT molecular complexity index is 445. The van der Waals surface area contributed by atoms with E-state index < -0.39 is 15.9 Å². The van der Waals surface area contributed by atoms with Gasteiger partial charge in [-0.2, -0.15) is 0 Å². The molecule has 0 unspecified atom stereocenters. The lowest BCUT2D eigenvalue weighted by molar-refractivity contribution is -0.110. The van der Waals surface area contributed by atoms with E-state index in [1.54, 1.807) is 24.3 Å². The van der Waals surface area contributed by atoms with Gasteiger partial charge in [0, 0.05) is 5.69 Å². The van der Waals surface area contributed by atoms with Crippen molar-refractivity contribution in [2.24, 2.45) is 0 Å². The maximum atomic E-state index is 11.2. The fraction of sp³-hybridized carbons (Fsp3) is 0.273. The Hall–Kier alpha value is -1.17. The number of nitrogens with one attached hydrogen (secondary N) is 2. The molecule has 0 aliphatic carbocycles. The van der Waals surface area contributed by atoms with Gasteiger partial charge in [-0.3, -0.25) is 4.79 Å². The first-order valence-electron chi connectivity index (χ1n) is 5.10. The first-order chi connectivity index (χ1) is 8.88. The zero-order chi connectivity index (χ0) is 14.5. The van der Waals surface area contributed by atoms with Crippen molar-refractivity contribution >= 4 is 52.9 Å². The van der Waals surface area contributed by atoms with E-state index in [1.165, 1.54) is 7.11 Å². The van der Waals surface area contributed by atoms with Crippen LogP contribution in [0.3, 0.4) is 0 Å². The number of amides is 1. The number of hydrogen-bond donors (Lipinski definition) is 2. The van der Waals surface area contributed by atoms with Gasteiger partial charge in [-0.15, -0.1) is 0 Å². The molecule has 0 saturated carbocycles. The normalized spacial score (nSPS) is 12.4. The molecule has 0 fully saturated rings. The zero-order valence-electron chi connectivity index (χ0n) is 9.82. The van der Waals surface area contributed by atoms with E-state index in [-0.39, 0.29) is 0 Å². The number of carbonyl (C=O) groups excluding carboxylic acids is 2. The Morgan fingerprint density at radius 3 is 2.32 bits per heavy atom. The van der Waals surface area contributed by atoms with Crippen LogP contribution >= 0.6 is 34.8 Å². The molecule has 0 spiro atoms. The Kier molecular flexibility index (Phi) is 5.72. The number of rotatable bonds is 5. The SMILES string of the molecule is COC(=O)c1ccc(N[C@@H](NC=O)C(Cl)(Cl)Cl)cc1. The van der Waals surface area contributed by atoms with Gasteiger partial charge in [-0.1, -0.05) is 34.8 Å². The molecule has 0 bridgehead atoms. The lowest BCUT2D eigenvalue weighted by Crippen LogP contribution is -2.45. The van der Waals surface area contributed by atoms with Gasteiger partial charge in [0.15, 0.2) is 0 Å². The van der Waals surface area contributed by atoms with E-state index >= 15 is 0 Å². The third kappa shape index (κ3) is 4.78. The molecule has 1 rings (SSSR count). The average Bonchev–Trinajstić information content (AvgIpc) is 2.37. The first kappa shape index (κ1) is 15.9. The van der Waals surface area contributed by atoms with Crippen LogP contribution in [0.5, 0.6) is 0 Å². The number of hydrogen-bond acceptors (Lipinski definition) is 4. The van der Waals surface area contributed by atoms with Gasteiger partial charge < -0.3 is 15.4 Å². The summed E-state index contributed by atoms with van der Waals surface area (Å²) in [5, 5.41) is 5.15. The van der Waals surface area contributed by atoms with Gasteiger partial charge in [-0.05, 0) is 24.3 Å². The number of benzene rings is 1. The number of carbonyl (C=O) groups is 2. The molecule has 1 aromatic carbocycles. The average molecular weight is 326 g/mol. The number of ether oxygens (including phenoxy) is 1. The quantitative estimate of drug-likeness (QED) is 0.377. The van der Waals surface area contributed by atoms with Crippen molar-refractivity contribution in [1.29, 1.82) is 0 Å². The number of esters is 1. The van der Waals surface area contributed by atoms with Crippen molar-refractivity contribution in [3.63, 3.8) is 0 Å². The van der Waals surface area contributed by atoms with E-state index in [1.807, 2.05) is 0 Å². The van der Waals surface area contributed by atoms with Crippen molar-refractivity contribution in [2.75, 3.05) is 12.4 Å². The number of anilines is 1. The summed E-state index contributed by atoms with van der Waals surface area (Å²) < 4.78 is 2.85.